The maximum Gasteiger partial charge on any atom is 0.391 e. The largest absolute Gasteiger partial charge is 0.394 e. The van der Waals surface area contributed by atoms with Crippen LogP contribution < -0.4 is 5.32 Å². The quantitative estimate of drug-likeness (QED) is 0.809. The molecule has 0 radical (unpaired) electrons. The van der Waals surface area contributed by atoms with Crippen LogP contribution >= 0.6 is 0 Å². The van der Waals surface area contributed by atoms with Gasteiger partial charge in [0, 0.05) is 25.2 Å². The predicted octanol–water partition coefficient (Wildman–Crippen LogP) is 1.77. The van der Waals surface area contributed by atoms with Gasteiger partial charge >= 0.3 is 6.18 Å². The normalized spacial score (nSPS) is 35.1. The molecule has 112 valence electrons. The predicted molar refractivity (Wildman–Crippen MR) is 66.9 cm³/mol. The van der Waals surface area contributed by atoms with Crippen molar-refractivity contribution in [2.75, 3.05) is 32.8 Å². The van der Waals surface area contributed by atoms with Crippen LogP contribution in [0.4, 0.5) is 13.2 Å². The lowest BCUT2D eigenvalue weighted by molar-refractivity contribution is -0.190. The van der Waals surface area contributed by atoms with Crippen molar-refractivity contribution in [1.29, 1.82) is 0 Å². The second-order valence-corrected chi connectivity index (χ2v) is 5.79. The van der Waals surface area contributed by atoms with Gasteiger partial charge in [0.25, 0.3) is 0 Å². The van der Waals surface area contributed by atoms with Crippen LogP contribution in [0.2, 0.25) is 0 Å². The fourth-order valence-corrected chi connectivity index (χ4v) is 3.38. The molecule has 2 rings (SSSR count). The Morgan fingerprint density at radius 3 is 2.42 bits per heavy atom. The maximum absolute atomic E-state index is 12.7. The van der Waals surface area contributed by atoms with Crippen molar-refractivity contribution < 1.29 is 18.3 Å². The molecule has 0 spiro atoms. The van der Waals surface area contributed by atoms with Crippen LogP contribution in [0.25, 0.3) is 0 Å². The second-order valence-electron chi connectivity index (χ2n) is 5.79. The molecule has 0 aromatic carbocycles. The smallest absolute Gasteiger partial charge is 0.391 e. The van der Waals surface area contributed by atoms with E-state index in [1.54, 1.807) is 0 Å². The number of hydrogen-bond acceptors (Lipinski definition) is 3. The highest BCUT2D eigenvalue weighted by atomic mass is 19.4. The van der Waals surface area contributed by atoms with E-state index in [0.717, 1.165) is 32.6 Å². The van der Waals surface area contributed by atoms with Crippen LogP contribution in [-0.2, 0) is 0 Å². The molecule has 1 aliphatic carbocycles. The van der Waals surface area contributed by atoms with E-state index in [-0.39, 0.29) is 19.4 Å². The monoisotopic (exact) mass is 280 g/mol. The van der Waals surface area contributed by atoms with Crippen LogP contribution in [0.15, 0.2) is 0 Å². The van der Waals surface area contributed by atoms with Gasteiger partial charge in [-0.15, -0.1) is 0 Å². The van der Waals surface area contributed by atoms with E-state index in [0.29, 0.717) is 12.8 Å². The van der Waals surface area contributed by atoms with Crippen LogP contribution in [-0.4, -0.2) is 54.5 Å². The van der Waals surface area contributed by atoms with E-state index in [4.69, 9.17) is 0 Å². The third-order valence-corrected chi connectivity index (χ3v) is 4.68. The van der Waals surface area contributed by atoms with Crippen molar-refractivity contribution in [3.8, 4) is 0 Å². The van der Waals surface area contributed by atoms with Crippen LogP contribution in [0.1, 0.15) is 32.1 Å². The van der Waals surface area contributed by atoms with Crippen molar-refractivity contribution in [2.45, 2.75) is 43.8 Å². The Morgan fingerprint density at radius 2 is 1.84 bits per heavy atom. The first kappa shape index (κ1) is 15.1. The highest BCUT2D eigenvalue weighted by Gasteiger charge is 2.47. The molecule has 2 aliphatic rings. The number of nitrogens with zero attached hydrogens (tertiary/aromatic N) is 1. The minimum atomic E-state index is -4.08. The molecule has 1 heterocycles. The van der Waals surface area contributed by atoms with Crippen LogP contribution in [0.3, 0.4) is 0 Å². The fourth-order valence-electron chi connectivity index (χ4n) is 3.38. The van der Waals surface area contributed by atoms with Gasteiger partial charge in [0.2, 0.25) is 0 Å². The van der Waals surface area contributed by atoms with E-state index in [2.05, 4.69) is 10.2 Å². The van der Waals surface area contributed by atoms with Gasteiger partial charge in [-0.3, -0.25) is 4.90 Å². The highest BCUT2D eigenvalue weighted by Crippen LogP contribution is 2.43. The first-order valence-electron chi connectivity index (χ1n) is 7.11. The van der Waals surface area contributed by atoms with E-state index in [1.807, 2.05) is 0 Å². The van der Waals surface area contributed by atoms with Gasteiger partial charge in [-0.05, 0) is 38.6 Å². The Labute approximate surface area is 112 Å². The summed E-state index contributed by atoms with van der Waals surface area (Å²) in [6.45, 7) is 3.45. The lowest BCUT2D eigenvalue weighted by Gasteiger charge is -2.47. The first-order chi connectivity index (χ1) is 8.98. The summed E-state index contributed by atoms with van der Waals surface area (Å²) in [5, 5.41) is 13.0. The summed E-state index contributed by atoms with van der Waals surface area (Å²) in [6, 6.07) is 0. The van der Waals surface area contributed by atoms with E-state index in [1.165, 1.54) is 0 Å². The number of aliphatic hydroxyl groups is 1. The molecule has 2 N–H and O–H groups in total. The van der Waals surface area contributed by atoms with Gasteiger partial charge in [0.1, 0.15) is 0 Å². The molecule has 0 unspecified atom stereocenters. The molecule has 0 amide bonds. The molecule has 0 atom stereocenters. The molecule has 19 heavy (non-hydrogen) atoms. The Bertz CT molecular complexity index is 280. The number of aliphatic hydroxyl groups excluding tert-OH is 1. The molecule has 1 saturated heterocycles. The zero-order valence-corrected chi connectivity index (χ0v) is 11.2. The zero-order valence-electron chi connectivity index (χ0n) is 11.2. The Morgan fingerprint density at radius 1 is 1.16 bits per heavy atom. The van der Waals surface area contributed by atoms with Gasteiger partial charge in [-0.25, -0.2) is 0 Å². The molecule has 3 nitrogen and oxygen atoms in total. The molecular formula is C13H23F3N2O. The summed E-state index contributed by atoms with van der Waals surface area (Å²) in [7, 11) is 0. The van der Waals surface area contributed by atoms with Crippen LogP contribution in [0.5, 0.6) is 0 Å². The van der Waals surface area contributed by atoms with E-state index in [9.17, 15) is 18.3 Å². The molecular weight excluding hydrogens is 257 g/mol. The van der Waals surface area contributed by atoms with Crippen molar-refractivity contribution in [3.63, 3.8) is 0 Å². The number of hydrogen-bond donors (Lipinski definition) is 2. The van der Waals surface area contributed by atoms with Gasteiger partial charge in [0.05, 0.1) is 12.5 Å². The maximum atomic E-state index is 12.7. The van der Waals surface area contributed by atoms with Crippen molar-refractivity contribution in [1.82, 2.24) is 10.2 Å². The SMILES string of the molecule is OCC1(N2CCCNCC2)CCC(C(F)(F)F)CC1. The number of rotatable bonds is 2. The summed E-state index contributed by atoms with van der Waals surface area (Å²) in [4.78, 5) is 2.21. The average Bonchev–Trinajstić information content (AvgIpc) is 2.67. The summed E-state index contributed by atoms with van der Waals surface area (Å²) in [6.07, 6.45) is -1.89. The summed E-state index contributed by atoms with van der Waals surface area (Å²) >= 11 is 0. The number of halogens is 3. The third kappa shape index (κ3) is 3.41. The molecule has 0 bridgehead atoms. The van der Waals surface area contributed by atoms with Crippen LogP contribution in [0, 0.1) is 5.92 Å². The van der Waals surface area contributed by atoms with Crippen molar-refractivity contribution >= 4 is 0 Å². The van der Waals surface area contributed by atoms with Gasteiger partial charge < -0.3 is 10.4 Å². The van der Waals surface area contributed by atoms with Gasteiger partial charge in [-0.2, -0.15) is 13.2 Å². The molecule has 0 aromatic heterocycles. The average molecular weight is 280 g/mol. The topological polar surface area (TPSA) is 35.5 Å². The fraction of sp³-hybridized carbons (Fsp3) is 1.00. The molecule has 2 fully saturated rings. The summed E-state index contributed by atoms with van der Waals surface area (Å²) in [5.41, 5.74) is -0.423. The van der Waals surface area contributed by atoms with Gasteiger partial charge in [0.15, 0.2) is 0 Å². The van der Waals surface area contributed by atoms with Gasteiger partial charge in [-0.1, -0.05) is 0 Å². The number of nitrogens with one attached hydrogen (secondary N) is 1. The molecule has 0 aromatic rings. The molecule has 6 heteroatoms. The van der Waals surface area contributed by atoms with E-state index >= 15 is 0 Å². The summed E-state index contributed by atoms with van der Waals surface area (Å²) in [5.74, 6) is -1.18. The lowest BCUT2D eigenvalue weighted by Crippen LogP contribution is -2.55. The second kappa shape index (κ2) is 5.97. The Hall–Kier alpha value is -0.330. The van der Waals surface area contributed by atoms with Crippen molar-refractivity contribution in [3.05, 3.63) is 0 Å². The van der Waals surface area contributed by atoms with E-state index < -0.39 is 17.6 Å². The standard InChI is InChI=1S/C13H23F3N2O/c14-13(15,16)11-2-4-12(10-19,5-3-11)18-8-1-6-17-7-9-18/h11,17,19H,1-10H2. The Balaban J connectivity index is 2.00. The number of alkyl halides is 3. The highest BCUT2D eigenvalue weighted by molar-refractivity contribution is 4.96. The zero-order chi connectivity index (χ0) is 13.9. The molecule has 1 aliphatic heterocycles. The van der Waals surface area contributed by atoms with Crippen molar-refractivity contribution in [2.24, 2.45) is 5.92 Å². The molecule has 1 saturated carbocycles. The Kier molecular flexibility index (Phi) is 4.74. The lowest BCUT2D eigenvalue weighted by atomic mass is 9.75. The minimum absolute atomic E-state index is 0.0302. The minimum Gasteiger partial charge on any atom is -0.394 e. The summed E-state index contributed by atoms with van der Waals surface area (Å²) < 4.78 is 38.2. The first-order valence-corrected chi connectivity index (χ1v) is 7.11. The third-order valence-electron chi connectivity index (χ3n) is 4.68.